The van der Waals surface area contributed by atoms with Crippen LogP contribution in [-0.4, -0.2) is 5.97 Å². The average molecular weight is 225 g/mol. The summed E-state index contributed by atoms with van der Waals surface area (Å²) in [5.74, 6) is -0.387. The van der Waals surface area contributed by atoms with E-state index in [1.807, 2.05) is 12.1 Å². The first kappa shape index (κ1) is 11.8. The lowest BCUT2D eigenvalue weighted by atomic mass is 10.1. The molecule has 0 N–H and O–H groups in total. The number of esters is 1. The van der Waals surface area contributed by atoms with E-state index < -0.39 is 0 Å². The summed E-state index contributed by atoms with van der Waals surface area (Å²) in [5.41, 5.74) is 1.26. The van der Waals surface area contributed by atoms with Crippen molar-refractivity contribution in [3.8, 4) is 0 Å². The second-order valence-corrected chi connectivity index (χ2v) is 3.82. The van der Waals surface area contributed by atoms with Crippen molar-refractivity contribution in [2.24, 2.45) is 0 Å². The first-order valence-corrected chi connectivity index (χ1v) is 5.00. The summed E-state index contributed by atoms with van der Waals surface area (Å²) in [6.45, 7) is 6.93. The Hall–Kier alpha value is -1.28. The Labute approximate surface area is 94.5 Å². The minimum Gasteiger partial charge on any atom is -0.454 e. The maximum absolute atomic E-state index is 11.3. The van der Waals surface area contributed by atoms with Crippen molar-refractivity contribution < 1.29 is 9.53 Å². The van der Waals surface area contributed by atoms with Crippen molar-refractivity contribution in [3.05, 3.63) is 47.0 Å². The Balaban J connectivity index is 2.73. The lowest BCUT2D eigenvalue weighted by Gasteiger charge is -2.13. The predicted octanol–water partition coefficient (Wildman–Crippen LogP) is 3.52. The largest absolute Gasteiger partial charge is 0.454 e. The van der Waals surface area contributed by atoms with Crippen LogP contribution < -0.4 is 0 Å². The molecule has 1 aromatic carbocycles. The fourth-order valence-electron chi connectivity index (χ4n) is 1.09. The summed E-state index contributed by atoms with van der Waals surface area (Å²) in [6, 6.07) is 7.24. The van der Waals surface area contributed by atoms with Crippen LogP contribution in [-0.2, 0) is 9.53 Å². The number of hydrogen-bond donors (Lipinski definition) is 0. The fourth-order valence-corrected chi connectivity index (χ4v) is 1.29. The lowest BCUT2D eigenvalue weighted by Crippen LogP contribution is -2.09. The molecule has 0 heterocycles. The van der Waals surface area contributed by atoms with Crippen LogP contribution in [0.15, 0.2) is 36.4 Å². The second kappa shape index (κ2) is 4.99. The van der Waals surface area contributed by atoms with Gasteiger partial charge in [-0.25, -0.2) is 4.79 Å². The van der Waals surface area contributed by atoms with Crippen LogP contribution in [0.4, 0.5) is 0 Å². The van der Waals surface area contributed by atoms with E-state index in [2.05, 4.69) is 6.58 Å². The van der Waals surface area contributed by atoms with Gasteiger partial charge < -0.3 is 4.74 Å². The highest BCUT2D eigenvalue weighted by atomic mass is 35.5. The van der Waals surface area contributed by atoms with Crippen LogP contribution in [0.25, 0.3) is 0 Å². The van der Waals surface area contributed by atoms with Crippen LogP contribution in [0.2, 0.25) is 5.02 Å². The fraction of sp³-hybridized carbons (Fsp3) is 0.250. The third kappa shape index (κ3) is 3.40. The van der Waals surface area contributed by atoms with Crippen molar-refractivity contribution in [1.82, 2.24) is 0 Å². The van der Waals surface area contributed by atoms with E-state index in [0.29, 0.717) is 10.6 Å². The molecular weight excluding hydrogens is 212 g/mol. The van der Waals surface area contributed by atoms with E-state index in [4.69, 9.17) is 16.3 Å². The molecule has 0 saturated carbocycles. The average Bonchev–Trinajstić information content (AvgIpc) is 2.17. The third-order valence-electron chi connectivity index (χ3n) is 1.95. The highest BCUT2D eigenvalue weighted by molar-refractivity contribution is 6.30. The number of hydrogen-bond acceptors (Lipinski definition) is 2. The topological polar surface area (TPSA) is 26.3 Å². The lowest BCUT2D eigenvalue weighted by molar-refractivity contribution is -0.143. The zero-order valence-corrected chi connectivity index (χ0v) is 9.54. The first-order valence-electron chi connectivity index (χ1n) is 4.62. The van der Waals surface area contributed by atoms with E-state index in [9.17, 15) is 4.79 Å². The summed E-state index contributed by atoms with van der Waals surface area (Å²) >= 11 is 5.83. The van der Waals surface area contributed by atoms with Crippen molar-refractivity contribution in [2.45, 2.75) is 20.0 Å². The number of carbonyl (C=O) groups excluding carboxylic acids is 1. The molecule has 0 aliphatic carbocycles. The van der Waals surface area contributed by atoms with Gasteiger partial charge >= 0.3 is 5.97 Å². The van der Waals surface area contributed by atoms with Gasteiger partial charge in [-0.05, 0) is 31.5 Å². The van der Waals surface area contributed by atoms with Crippen molar-refractivity contribution in [1.29, 1.82) is 0 Å². The third-order valence-corrected chi connectivity index (χ3v) is 2.19. The molecule has 0 aliphatic heterocycles. The number of carbonyl (C=O) groups is 1. The molecule has 1 aromatic rings. The van der Waals surface area contributed by atoms with Crippen LogP contribution in [0.1, 0.15) is 25.5 Å². The molecule has 0 fully saturated rings. The molecular formula is C12H13ClO2. The van der Waals surface area contributed by atoms with Gasteiger partial charge in [0.2, 0.25) is 0 Å². The van der Waals surface area contributed by atoms with Crippen molar-refractivity contribution in [2.75, 3.05) is 0 Å². The van der Waals surface area contributed by atoms with Gasteiger partial charge in [0, 0.05) is 10.6 Å². The van der Waals surface area contributed by atoms with Crippen LogP contribution in [0, 0.1) is 0 Å². The van der Waals surface area contributed by atoms with E-state index >= 15 is 0 Å². The zero-order chi connectivity index (χ0) is 11.4. The molecule has 2 nitrogen and oxygen atoms in total. The molecule has 0 radical (unpaired) electrons. The van der Waals surface area contributed by atoms with Gasteiger partial charge in [-0.3, -0.25) is 0 Å². The summed E-state index contributed by atoms with van der Waals surface area (Å²) in [5, 5.41) is 0.630. The Morgan fingerprint density at radius 3 is 2.73 bits per heavy atom. The predicted molar refractivity (Wildman–Crippen MR) is 60.8 cm³/mol. The molecule has 1 unspecified atom stereocenters. The normalized spacial score (nSPS) is 11.9. The van der Waals surface area contributed by atoms with Gasteiger partial charge in [-0.1, -0.05) is 30.3 Å². The zero-order valence-electron chi connectivity index (χ0n) is 8.79. The number of ether oxygens (including phenoxy) is 1. The highest BCUT2D eigenvalue weighted by Crippen LogP contribution is 2.21. The van der Waals surface area contributed by atoms with Gasteiger partial charge in [0.15, 0.2) is 0 Å². The van der Waals surface area contributed by atoms with E-state index in [-0.39, 0.29) is 12.1 Å². The molecule has 1 atom stereocenters. The molecule has 0 amide bonds. The molecule has 80 valence electrons. The van der Waals surface area contributed by atoms with Gasteiger partial charge in [0.1, 0.15) is 6.10 Å². The summed E-state index contributed by atoms with van der Waals surface area (Å²) < 4.78 is 5.16. The van der Waals surface area contributed by atoms with E-state index in [1.54, 1.807) is 26.0 Å². The summed E-state index contributed by atoms with van der Waals surface area (Å²) in [6.07, 6.45) is -0.312. The van der Waals surface area contributed by atoms with E-state index in [0.717, 1.165) is 5.56 Å². The molecule has 0 spiro atoms. The Morgan fingerprint density at radius 2 is 2.20 bits per heavy atom. The van der Waals surface area contributed by atoms with Crippen molar-refractivity contribution >= 4 is 17.6 Å². The molecule has 1 rings (SSSR count). The summed E-state index contributed by atoms with van der Waals surface area (Å²) in [7, 11) is 0. The minimum absolute atomic E-state index is 0.312. The molecule has 3 heteroatoms. The number of rotatable bonds is 3. The monoisotopic (exact) mass is 224 g/mol. The van der Waals surface area contributed by atoms with E-state index in [1.165, 1.54) is 0 Å². The maximum atomic E-state index is 11.3. The number of benzene rings is 1. The smallest absolute Gasteiger partial charge is 0.333 e. The van der Waals surface area contributed by atoms with Crippen LogP contribution >= 0.6 is 11.6 Å². The first-order chi connectivity index (χ1) is 7.00. The molecule has 0 aromatic heterocycles. The minimum atomic E-state index is -0.387. The van der Waals surface area contributed by atoms with Gasteiger partial charge in [0.25, 0.3) is 0 Å². The van der Waals surface area contributed by atoms with Gasteiger partial charge in [0.05, 0.1) is 0 Å². The van der Waals surface area contributed by atoms with Crippen LogP contribution in [0.3, 0.4) is 0 Å². The quantitative estimate of drug-likeness (QED) is 0.580. The Bertz CT molecular complexity index is 385. The van der Waals surface area contributed by atoms with Gasteiger partial charge in [-0.15, -0.1) is 0 Å². The second-order valence-electron chi connectivity index (χ2n) is 3.38. The maximum Gasteiger partial charge on any atom is 0.333 e. The molecule has 0 aliphatic rings. The van der Waals surface area contributed by atoms with Crippen molar-refractivity contribution in [3.63, 3.8) is 0 Å². The summed E-state index contributed by atoms with van der Waals surface area (Å²) in [4.78, 5) is 11.3. The SMILES string of the molecule is C=C(C)C(=O)OC(C)c1cccc(Cl)c1. The van der Waals surface area contributed by atoms with Crippen LogP contribution in [0.5, 0.6) is 0 Å². The number of halogens is 1. The van der Waals surface area contributed by atoms with Gasteiger partial charge in [-0.2, -0.15) is 0 Å². The molecule has 0 saturated heterocycles. The Kier molecular flexibility index (Phi) is 3.92. The molecule has 15 heavy (non-hydrogen) atoms. The molecule has 0 bridgehead atoms. The standard InChI is InChI=1S/C12H13ClO2/c1-8(2)12(14)15-9(3)10-5-4-6-11(13)7-10/h4-7,9H,1H2,2-3H3. The Morgan fingerprint density at radius 1 is 1.53 bits per heavy atom. The highest BCUT2D eigenvalue weighted by Gasteiger charge is 2.11.